The Balaban J connectivity index is 3.12. The van der Waals surface area contributed by atoms with E-state index in [0.29, 0.717) is 0 Å². The molecule has 0 fully saturated rings. The minimum atomic E-state index is -3.27. The Morgan fingerprint density at radius 2 is 2.14 bits per heavy atom. The highest BCUT2D eigenvalue weighted by atomic mass is 35.5. The standard InChI is InChI=1S/C9H9ClF2O2/c1-14-8-4-6(2-3-7(8)10)9(11,12)5-13/h2-4,13H,5H2,1H3. The highest BCUT2D eigenvalue weighted by Gasteiger charge is 2.31. The lowest BCUT2D eigenvalue weighted by Gasteiger charge is -2.14. The van der Waals surface area contributed by atoms with Crippen LogP contribution in [0.5, 0.6) is 5.75 Å². The van der Waals surface area contributed by atoms with Crippen molar-refractivity contribution >= 4 is 11.6 Å². The molecule has 1 aromatic carbocycles. The topological polar surface area (TPSA) is 29.5 Å². The minimum Gasteiger partial charge on any atom is -0.495 e. The van der Waals surface area contributed by atoms with Gasteiger partial charge in [0.15, 0.2) is 0 Å². The van der Waals surface area contributed by atoms with E-state index in [0.717, 1.165) is 12.1 Å². The molecule has 2 nitrogen and oxygen atoms in total. The van der Waals surface area contributed by atoms with Gasteiger partial charge in [-0.05, 0) is 12.1 Å². The predicted octanol–water partition coefficient (Wildman–Crippen LogP) is 2.43. The first-order valence-corrected chi connectivity index (χ1v) is 4.22. The number of hydrogen-bond acceptors (Lipinski definition) is 2. The van der Waals surface area contributed by atoms with Gasteiger partial charge in [0.2, 0.25) is 0 Å². The van der Waals surface area contributed by atoms with Gasteiger partial charge in [-0.3, -0.25) is 0 Å². The molecule has 14 heavy (non-hydrogen) atoms. The van der Waals surface area contributed by atoms with Gasteiger partial charge in [0.25, 0.3) is 5.92 Å². The molecule has 0 saturated carbocycles. The molecule has 0 spiro atoms. The van der Waals surface area contributed by atoms with Crippen LogP contribution in [0.3, 0.4) is 0 Å². The summed E-state index contributed by atoms with van der Waals surface area (Å²) >= 11 is 5.66. The van der Waals surface area contributed by atoms with Crippen LogP contribution in [-0.4, -0.2) is 18.8 Å². The number of alkyl halides is 2. The Labute approximate surface area is 85.1 Å². The summed E-state index contributed by atoms with van der Waals surface area (Å²) in [6.45, 7) is -1.24. The van der Waals surface area contributed by atoms with E-state index in [1.165, 1.54) is 13.2 Å². The summed E-state index contributed by atoms with van der Waals surface area (Å²) in [7, 11) is 1.34. The molecular weight excluding hydrogens is 214 g/mol. The molecule has 78 valence electrons. The van der Waals surface area contributed by atoms with Crippen LogP contribution in [0.15, 0.2) is 18.2 Å². The second-order valence-corrected chi connectivity index (χ2v) is 3.12. The van der Waals surface area contributed by atoms with Crippen LogP contribution in [0.2, 0.25) is 5.02 Å². The second-order valence-electron chi connectivity index (χ2n) is 2.71. The third kappa shape index (κ3) is 2.13. The number of aliphatic hydroxyl groups is 1. The van der Waals surface area contributed by atoms with Gasteiger partial charge < -0.3 is 9.84 Å². The van der Waals surface area contributed by atoms with E-state index in [1.54, 1.807) is 0 Å². The van der Waals surface area contributed by atoms with Crippen LogP contribution in [0, 0.1) is 0 Å². The molecule has 0 aromatic heterocycles. The van der Waals surface area contributed by atoms with Crippen molar-refractivity contribution in [3.05, 3.63) is 28.8 Å². The van der Waals surface area contributed by atoms with Gasteiger partial charge in [0, 0.05) is 5.56 Å². The maximum Gasteiger partial charge on any atom is 0.295 e. The maximum atomic E-state index is 13.0. The first kappa shape index (κ1) is 11.2. The molecule has 0 aliphatic carbocycles. The monoisotopic (exact) mass is 222 g/mol. The van der Waals surface area contributed by atoms with Crippen LogP contribution < -0.4 is 4.74 Å². The Kier molecular flexibility index (Phi) is 3.29. The Hall–Kier alpha value is -0.870. The fourth-order valence-electron chi connectivity index (χ4n) is 0.979. The molecule has 0 heterocycles. The molecule has 0 aliphatic heterocycles. The molecular formula is C9H9ClF2O2. The van der Waals surface area contributed by atoms with E-state index in [-0.39, 0.29) is 16.3 Å². The molecule has 0 radical (unpaired) electrons. The van der Waals surface area contributed by atoms with Crippen molar-refractivity contribution in [2.45, 2.75) is 5.92 Å². The van der Waals surface area contributed by atoms with Gasteiger partial charge >= 0.3 is 0 Å². The Morgan fingerprint density at radius 1 is 1.50 bits per heavy atom. The predicted molar refractivity (Wildman–Crippen MR) is 49.0 cm³/mol. The third-order valence-electron chi connectivity index (χ3n) is 1.77. The fraction of sp³-hybridized carbons (Fsp3) is 0.333. The van der Waals surface area contributed by atoms with E-state index < -0.39 is 12.5 Å². The van der Waals surface area contributed by atoms with Crippen molar-refractivity contribution in [1.29, 1.82) is 0 Å². The molecule has 5 heteroatoms. The quantitative estimate of drug-likeness (QED) is 0.851. The molecule has 1 aromatic rings. The highest BCUT2D eigenvalue weighted by molar-refractivity contribution is 6.32. The number of hydrogen-bond donors (Lipinski definition) is 1. The van der Waals surface area contributed by atoms with Crippen LogP contribution in [-0.2, 0) is 5.92 Å². The van der Waals surface area contributed by atoms with Gasteiger partial charge in [-0.15, -0.1) is 0 Å². The first-order valence-electron chi connectivity index (χ1n) is 3.84. The average molecular weight is 223 g/mol. The van der Waals surface area contributed by atoms with E-state index in [9.17, 15) is 8.78 Å². The molecule has 0 unspecified atom stereocenters. The van der Waals surface area contributed by atoms with Crippen molar-refractivity contribution in [3.63, 3.8) is 0 Å². The summed E-state index contributed by atoms with van der Waals surface area (Å²) < 4.78 is 30.7. The molecule has 1 rings (SSSR count). The minimum absolute atomic E-state index is 0.164. The van der Waals surface area contributed by atoms with Gasteiger partial charge in [-0.25, -0.2) is 0 Å². The van der Waals surface area contributed by atoms with E-state index in [1.807, 2.05) is 0 Å². The van der Waals surface area contributed by atoms with E-state index in [4.69, 9.17) is 21.4 Å². The summed E-state index contributed by atoms with van der Waals surface area (Å²) in [5.41, 5.74) is -0.318. The van der Waals surface area contributed by atoms with Crippen molar-refractivity contribution < 1.29 is 18.6 Å². The zero-order valence-electron chi connectivity index (χ0n) is 7.43. The van der Waals surface area contributed by atoms with Crippen molar-refractivity contribution in [3.8, 4) is 5.75 Å². The zero-order chi connectivity index (χ0) is 10.8. The average Bonchev–Trinajstić information content (AvgIpc) is 2.18. The summed E-state index contributed by atoms with van der Waals surface area (Å²) in [6.07, 6.45) is 0. The lowest BCUT2D eigenvalue weighted by Crippen LogP contribution is -2.18. The lowest BCUT2D eigenvalue weighted by molar-refractivity contribution is -0.0557. The number of methoxy groups -OCH3 is 1. The molecule has 1 N–H and O–H groups in total. The number of aliphatic hydroxyl groups excluding tert-OH is 1. The van der Waals surface area contributed by atoms with Gasteiger partial charge in [-0.2, -0.15) is 8.78 Å². The summed E-state index contributed by atoms with van der Waals surface area (Å²) in [5.74, 6) is -3.10. The summed E-state index contributed by atoms with van der Waals surface area (Å²) in [6, 6.07) is 3.57. The van der Waals surface area contributed by atoms with Gasteiger partial charge in [0.1, 0.15) is 12.4 Å². The molecule has 0 atom stereocenters. The third-order valence-corrected chi connectivity index (χ3v) is 2.08. The molecule has 0 amide bonds. The van der Waals surface area contributed by atoms with Crippen LogP contribution in [0.1, 0.15) is 5.56 Å². The summed E-state index contributed by atoms with van der Waals surface area (Å²) in [5, 5.41) is 8.71. The molecule has 0 bridgehead atoms. The van der Waals surface area contributed by atoms with Crippen molar-refractivity contribution in [1.82, 2.24) is 0 Å². The van der Waals surface area contributed by atoms with E-state index in [2.05, 4.69) is 0 Å². The smallest absolute Gasteiger partial charge is 0.295 e. The summed E-state index contributed by atoms with van der Waals surface area (Å²) in [4.78, 5) is 0. The fourth-order valence-corrected chi connectivity index (χ4v) is 1.17. The SMILES string of the molecule is COc1cc(C(F)(F)CO)ccc1Cl. The molecule has 0 aliphatic rings. The van der Waals surface area contributed by atoms with Crippen LogP contribution >= 0.6 is 11.6 Å². The van der Waals surface area contributed by atoms with Crippen LogP contribution in [0.25, 0.3) is 0 Å². The Morgan fingerprint density at radius 3 is 2.64 bits per heavy atom. The maximum absolute atomic E-state index is 13.0. The number of rotatable bonds is 3. The Bertz CT molecular complexity index is 329. The number of benzene rings is 1. The zero-order valence-corrected chi connectivity index (χ0v) is 8.18. The highest BCUT2D eigenvalue weighted by Crippen LogP contribution is 2.33. The number of halogens is 3. The van der Waals surface area contributed by atoms with Crippen molar-refractivity contribution in [2.24, 2.45) is 0 Å². The normalized spacial score (nSPS) is 11.5. The van der Waals surface area contributed by atoms with Gasteiger partial charge in [-0.1, -0.05) is 17.7 Å². The van der Waals surface area contributed by atoms with E-state index >= 15 is 0 Å². The number of ether oxygens (including phenoxy) is 1. The van der Waals surface area contributed by atoms with Gasteiger partial charge in [0.05, 0.1) is 12.1 Å². The lowest BCUT2D eigenvalue weighted by atomic mass is 10.1. The molecule has 0 saturated heterocycles. The largest absolute Gasteiger partial charge is 0.495 e. The van der Waals surface area contributed by atoms with Crippen LogP contribution in [0.4, 0.5) is 8.78 Å². The first-order chi connectivity index (χ1) is 6.51. The van der Waals surface area contributed by atoms with Crippen molar-refractivity contribution in [2.75, 3.05) is 13.7 Å². The second kappa shape index (κ2) is 4.11.